The standard InChI is InChI=1S/C16H23N3O/c1-4-20-16(2,3)13-17-12-14-6-8-15(9-7-14)19-11-5-10-18-19/h5-11,17H,4,12-13H2,1-3H3. The smallest absolute Gasteiger partial charge is 0.0750 e. The number of nitrogens with one attached hydrogen (secondary N) is 1. The molecule has 1 heterocycles. The van der Waals surface area contributed by atoms with Gasteiger partial charge in [0.1, 0.15) is 0 Å². The molecule has 0 bridgehead atoms. The van der Waals surface area contributed by atoms with Crippen molar-refractivity contribution >= 4 is 0 Å². The zero-order chi connectivity index (χ0) is 14.4. The van der Waals surface area contributed by atoms with Gasteiger partial charge in [0.05, 0.1) is 11.3 Å². The maximum atomic E-state index is 5.66. The third-order valence-electron chi connectivity index (χ3n) is 3.12. The van der Waals surface area contributed by atoms with Gasteiger partial charge in [0.15, 0.2) is 0 Å². The van der Waals surface area contributed by atoms with Crippen LogP contribution in [0, 0.1) is 0 Å². The largest absolute Gasteiger partial charge is 0.375 e. The van der Waals surface area contributed by atoms with Crippen molar-refractivity contribution in [2.45, 2.75) is 32.9 Å². The molecule has 2 aromatic rings. The van der Waals surface area contributed by atoms with Gasteiger partial charge >= 0.3 is 0 Å². The Morgan fingerprint density at radius 2 is 2.00 bits per heavy atom. The van der Waals surface area contributed by atoms with Gasteiger partial charge in [-0.05, 0) is 44.5 Å². The van der Waals surface area contributed by atoms with E-state index in [1.54, 1.807) is 6.20 Å². The Labute approximate surface area is 120 Å². The molecule has 20 heavy (non-hydrogen) atoms. The second kappa shape index (κ2) is 6.68. The van der Waals surface area contributed by atoms with Crippen LogP contribution in [0.1, 0.15) is 26.3 Å². The topological polar surface area (TPSA) is 39.1 Å². The van der Waals surface area contributed by atoms with Crippen molar-refractivity contribution in [2.24, 2.45) is 0 Å². The first-order valence-electron chi connectivity index (χ1n) is 7.04. The molecular formula is C16H23N3O. The number of nitrogens with zero attached hydrogens (tertiary/aromatic N) is 2. The molecule has 1 N–H and O–H groups in total. The van der Waals surface area contributed by atoms with Crippen LogP contribution in [-0.4, -0.2) is 28.5 Å². The predicted molar refractivity (Wildman–Crippen MR) is 81.0 cm³/mol. The molecule has 0 saturated heterocycles. The molecule has 0 aliphatic heterocycles. The maximum Gasteiger partial charge on any atom is 0.0750 e. The quantitative estimate of drug-likeness (QED) is 0.843. The highest BCUT2D eigenvalue weighted by Crippen LogP contribution is 2.10. The van der Waals surface area contributed by atoms with Crippen LogP contribution in [0.5, 0.6) is 0 Å². The Hall–Kier alpha value is -1.65. The first kappa shape index (κ1) is 14.8. The predicted octanol–water partition coefficient (Wildman–Crippen LogP) is 2.78. The van der Waals surface area contributed by atoms with Crippen LogP contribution >= 0.6 is 0 Å². The van der Waals surface area contributed by atoms with Crippen molar-refractivity contribution in [2.75, 3.05) is 13.2 Å². The number of benzene rings is 1. The SMILES string of the molecule is CCOC(C)(C)CNCc1ccc(-n2cccn2)cc1. The Morgan fingerprint density at radius 3 is 2.60 bits per heavy atom. The molecule has 4 nitrogen and oxygen atoms in total. The van der Waals surface area contributed by atoms with E-state index in [1.165, 1.54) is 5.56 Å². The number of rotatable bonds is 7. The van der Waals surface area contributed by atoms with Gasteiger partial charge in [-0.2, -0.15) is 5.10 Å². The number of hydrogen-bond donors (Lipinski definition) is 1. The van der Waals surface area contributed by atoms with Crippen molar-refractivity contribution in [3.8, 4) is 5.69 Å². The highest BCUT2D eigenvalue weighted by molar-refractivity contribution is 5.33. The molecule has 0 aliphatic carbocycles. The van der Waals surface area contributed by atoms with E-state index < -0.39 is 0 Å². The monoisotopic (exact) mass is 273 g/mol. The highest BCUT2D eigenvalue weighted by Gasteiger charge is 2.16. The van der Waals surface area contributed by atoms with Crippen LogP contribution in [0.4, 0.5) is 0 Å². The van der Waals surface area contributed by atoms with Crippen LogP contribution in [0.25, 0.3) is 5.69 Å². The molecule has 0 saturated carbocycles. The summed E-state index contributed by atoms with van der Waals surface area (Å²) in [6, 6.07) is 10.3. The summed E-state index contributed by atoms with van der Waals surface area (Å²) in [5.41, 5.74) is 2.21. The third-order valence-corrected chi connectivity index (χ3v) is 3.12. The summed E-state index contributed by atoms with van der Waals surface area (Å²) < 4.78 is 7.52. The lowest BCUT2D eigenvalue weighted by molar-refractivity contribution is -0.00897. The van der Waals surface area contributed by atoms with E-state index in [1.807, 2.05) is 23.9 Å². The Morgan fingerprint density at radius 1 is 1.25 bits per heavy atom. The van der Waals surface area contributed by atoms with Crippen molar-refractivity contribution in [3.05, 3.63) is 48.3 Å². The molecule has 0 unspecified atom stereocenters. The Bertz CT molecular complexity index is 503. The van der Waals surface area contributed by atoms with Crippen molar-refractivity contribution in [3.63, 3.8) is 0 Å². The van der Waals surface area contributed by atoms with Gasteiger partial charge in [0.2, 0.25) is 0 Å². The minimum Gasteiger partial charge on any atom is -0.375 e. The summed E-state index contributed by atoms with van der Waals surface area (Å²) in [5.74, 6) is 0. The normalized spacial score (nSPS) is 11.8. The molecule has 0 atom stereocenters. The number of hydrogen-bond acceptors (Lipinski definition) is 3. The van der Waals surface area contributed by atoms with Crippen molar-refractivity contribution < 1.29 is 4.74 Å². The summed E-state index contributed by atoms with van der Waals surface area (Å²) in [7, 11) is 0. The second-order valence-electron chi connectivity index (χ2n) is 5.41. The lowest BCUT2D eigenvalue weighted by Crippen LogP contribution is -2.37. The third kappa shape index (κ3) is 4.18. The summed E-state index contributed by atoms with van der Waals surface area (Å²) in [6.07, 6.45) is 3.73. The highest BCUT2D eigenvalue weighted by atomic mass is 16.5. The molecule has 4 heteroatoms. The van der Waals surface area contributed by atoms with Crippen molar-refractivity contribution in [1.29, 1.82) is 0 Å². The molecule has 108 valence electrons. The maximum absolute atomic E-state index is 5.66. The van der Waals surface area contributed by atoms with E-state index in [-0.39, 0.29) is 5.60 Å². The first-order chi connectivity index (χ1) is 9.61. The summed E-state index contributed by atoms with van der Waals surface area (Å²) >= 11 is 0. The van der Waals surface area contributed by atoms with Gasteiger partial charge in [0, 0.05) is 32.1 Å². The van der Waals surface area contributed by atoms with E-state index in [0.717, 1.165) is 25.4 Å². The number of ether oxygens (including phenoxy) is 1. The molecule has 0 radical (unpaired) electrons. The fourth-order valence-corrected chi connectivity index (χ4v) is 2.14. The van der Waals surface area contributed by atoms with Gasteiger partial charge in [0.25, 0.3) is 0 Å². The van der Waals surface area contributed by atoms with E-state index in [2.05, 4.69) is 48.5 Å². The van der Waals surface area contributed by atoms with Crippen molar-refractivity contribution in [1.82, 2.24) is 15.1 Å². The summed E-state index contributed by atoms with van der Waals surface area (Å²) in [5, 5.41) is 7.65. The Balaban J connectivity index is 1.85. The van der Waals surface area contributed by atoms with Gasteiger partial charge in [-0.3, -0.25) is 0 Å². The van der Waals surface area contributed by atoms with E-state index in [4.69, 9.17) is 4.74 Å². The molecule has 0 fully saturated rings. The van der Waals surface area contributed by atoms with Crippen LogP contribution in [0.15, 0.2) is 42.7 Å². The van der Waals surface area contributed by atoms with E-state index in [9.17, 15) is 0 Å². The second-order valence-corrected chi connectivity index (χ2v) is 5.41. The molecule has 1 aromatic carbocycles. The zero-order valence-electron chi connectivity index (χ0n) is 12.5. The molecule has 0 aliphatic rings. The van der Waals surface area contributed by atoms with E-state index >= 15 is 0 Å². The van der Waals surface area contributed by atoms with Gasteiger partial charge in [-0.25, -0.2) is 4.68 Å². The Kier molecular flexibility index (Phi) is 4.93. The van der Waals surface area contributed by atoms with Crippen LogP contribution in [0.2, 0.25) is 0 Å². The molecule has 0 amide bonds. The molecular weight excluding hydrogens is 250 g/mol. The average Bonchev–Trinajstić information content (AvgIpc) is 2.93. The lowest BCUT2D eigenvalue weighted by Gasteiger charge is -2.25. The number of aromatic nitrogens is 2. The summed E-state index contributed by atoms with van der Waals surface area (Å²) in [6.45, 7) is 8.65. The molecule has 0 spiro atoms. The van der Waals surface area contributed by atoms with Gasteiger partial charge < -0.3 is 10.1 Å². The van der Waals surface area contributed by atoms with Gasteiger partial charge in [-0.15, -0.1) is 0 Å². The van der Waals surface area contributed by atoms with E-state index in [0.29, 0.717) is 0 Å². The molecule has 2 rings (SSSR count). The lowest BCUT2D eigenvalue weighted by atomic mass is 10.1. The van der Waals surface area contributed by atoms with Crippen LogP contribution < -0.4 is 5.32 Å². The van der Waals surface area contributed by atoms with Crippen LogP contribution in [-0.2, 0) is 11.3 Å². The minimum absolute atomic E-state index is 0.121. The molecule has 1 aromatic heterocycles. The summed E-state index contributed by atoms with van der Waals surface area (Å²) in [4.78, 5) is 0. The average molecular weight is 273 g/mol. The van der Waals surface area contributed by atoms with Gasteiger partial charge in [-0.1, -0.05) is 12.1 Å². The minimum atomic E-state index is -0.121. The zero-order valence-corrected chi connectivity index (χ0v) is 12.5. The van der Waals surface area contributed by atoms with Crippen LogP contribution in [0.3, 0.4) is 0 Å². The first-order valence-corrected chi connectivity index (χ1v) is 7.04. The fourth-order valence-electron chi connectivity index (χ4n) is 2.14. The fraction of sp³-hybridized carbons (Fsp3) is 0.438.